The first kappa shape index (κ1) is 22.1. The third-order valence-corrected chi connectivity index (χ3v) is 6.90. The van der Waals surface area contributed by atoms with Gasteiger partial charge in [-0.2, -0.15) is 0 Å². The van der Waals surface area contributed by atoms with Gasteiger partial charge in [0.05, 0.1) is 35.2 Å². The van der Waals surface area contributed by atoms with Crippen molar-refractivity contribution in [2.45, 2.75) is 31.7 Å². The fourth-order valence-electron chi connectivity index (χ4n) is 3.38. The number of rotatable bonds is 7. The molecule has 0 saturated carbocycles. The van der Waals surface area contributed by atoms with Crippen LogP contribution in [0.1, 0.15) is 22.6 Å². The van der Waals surface area contributed by atoms with E-state index in [4.69, 9.17) is 0 Å². The highest BCUT2D eigenvalue weighted by Crippen LogP contribution is 2.28. The highest BCUT2D eigenvalue weighted by Gasteiger charge is 2.19. The van der Waals surface area contributed by atoms with Gasteiger partial charge in [-0.1, -0.05) is 12.1 Å². The summed E-state index contributed by atoms with van der Waals surface area (Å²) in [5, 5.41) is 0. The Labute approximate surface area is 176 Å². The Bertz CT molecular complexity index is 1200. The molecule has 2 heterocycles. The van der Waals surface area contributed by atoms with Crippen molar-refractivity contribution in [3.05, 3.63) is 65.0 Å². The number of hydrogen-bond donors (Lipinski definition) is 1. The van der Waals surface area contributed by atoms with Crippen LogP contribution in [-0.4, -0.2) is 47.9 Å². The van der Waals surface area contributed by atoms with Crippen LogP contribution in [0.3, 0.4) is 0 Å². The normalized spacial score (nSPS) is 12.8. The second kappa shape index (κ2) is 8.63. The molecule has 0 radical (unpaired) electrons. The minimum atomic E-state index is -3.47. The number of fused-ring (bicyclic) bond motifs is 1. The number of aromatic nitrogens is 3. The van der Waals surface area contributed by atoms with Crippen molar-refractivity contribution >= 4 is 21.1 Å². The van der Waals surface area contributed by atoms with Gasteiger partial charge >= 0.3 is 0 Å². The van der Waals surface area contributed by atoms with Crippen molar-refractivity contribution in [1.29, 1.82) is 0 Å². The first-order valence-electron chi connectivity index (χ1n) is 9.61. The van der Waals surface area contributed by atoms with E-state index in [1.165, 1.54) is 24.5 Å². The molecule has 0 aliphatic rings. The van der Waals surface area contributed by atoms with Crippen LogP contribution in [0.4, 0.5) is 4.39 Å². The molecule has 3 aromatic rings. The van der Waals surface area contributed by atoms with E-state index in [0.717, 1.165) is 27.9 Å². The molecule has 0 aliphatic carbocycles. The number of aryl methyl sites for hydroxylation is 1. The molecule has 0 aliphatic heterocycles. The van der Waals surface area contributed by atoms with Gasteiger partial charge in [0.25, 0.3) is 0 Å². The van der Waals surface area contributed by atoms with Crippen molar-refractivity contribution in [2.75, 3.05) is 20.6 Å². The molecule has 0 saturated heterocycles. The van der Waals surface area contributed by atoms with Crippen LogP contribution in [-0.2, 0) is 23.0 Å². The predicted octanol–water partition coefficient (Wildman–Crippen LogP) is 1.98. The number of nitrogens with zero attached hydrogens (tertiary/aromatic N) is 4. The van der Waals surface area contributed by atoms with Crippen molar-refractivity contribution in [3.63, 3.8) is 0 Å². The zero-order valence-electron chi connectivity index (χ0n) is 17.7. The Morgan fingerprint density at radius 3 is 2.50 bits per heavy atom. The van der Waals surface area contributed by atoms with E-state index >= 15 is 0 Å². The molecule has 0 atom stereocenters. The molecule has 3 rings (SSSR count). The summed E-state index contributed by atoms with van der Waals surface area (Å²) in [5.41, 5.74) is 8.04. The average Bonchev–Trinajstić information content (AvgIpc) is 2.93. The van der Waals surface area contributed by atoms with Gasteiger partial charge in [-0.15, -0.1) is 0 Å². The van der Waals surface area contributed by atoms with Crippen LogP contribution in [0.15, 0.2) is 47.3 Å². The third kappa shape index (κ3) is 4.28. The lowest BCUT2D eigenvalue weighted by atomic mass is 10.0. The standard InChI is InChI=1S/C21H26FN5O2S/c1-14-19(11-16-5-7-18(8-6-16)30(28,29)26(3)4)21-20(12-24-15(2)25-21)27(14)13-17(22)9-10-23/h5-9,12H,10-11,13,23H2,1-4H3/p+1/b17-9-. The quantitative estimate of drug-likeness (QED) is 0.618. The summed E-state index contributed by atoms with van der Waals surface area (Å²) in [6.07, 6.45) is 3.73. The van der Waals surface area contributed by atoms with Gasteiger partial charge in [-0.05, 0) is 31.5 Å². The molecule has 160 valence electrons. The first-order valence-corrected chi connectivity index (χ1v) is 11.1. The van der Waals surface area contributed by atoms with Gasteiger partial charge in [0, 0.05) is 37.8 Å². The highest BCUT2D eigenvalue weighted by molar-refractivity contribution is 7.89. The summed E-state index contributed by atoms with van der Waals surface area (Å²) >= 11 is 0. The summed E-state index contributed by atoms with van der Waals surface area (Å²) in [4.78, 5) is 9.12. The summed E-state index contributed by atoms with van der Waals surface area (Å²) in [6, 6.07) is 6.82. The van der Waals surface area contributed by atoms with Gasteiger partial charge < -0.3 is 10.3 Å². The number of sulfonamides is 1. The SMILES string of the molecule is Cc1ncc2c(n1)c(Cc1ccc(S(=O)(=O)N(C)C)cc1)c(C)n2C/C(F)=C/C[NH3+]. The van der Waals surface area contributed by atoms with E-state index in [-0.39, 0.29) is 17.3 Å². The van der Waals surface area contributed by atoms with E-state index in [2.05, 4.69) is 15.7 Å². The highest BCUT2D eigenvalue weighted by atomic mass is 32.2. The lowest BCUT2D eigenvalue weighted by Gasteiger charge is -2.12. The van der Waals surface area contributed by atoms with E-state index in [9.17, 15) is 12.8 Å². The zero-order chi connectivity index (χ0) is 22.1. The smallest absolute Gasteiger partial charge is 0.242 e. The maximum Gasteiger partial charge on any atom is 0.242 e. The summed E-state index contributed by atoms with van der Waals surface area (Å²) in [7, 11) is -0.463. The van der Waals surface area contributed by atoms with Crippen molar-refractivity contribution in [2.24, 2.45) is 0 Å². The molecule has 0 unspecified atom stereocenters. The lowest BCUT2D eigenvalue weighted by Crippen LogP contribution is -2.49. The van der Waals surface area contributed by atoms with Gasteiger partial charge in [-0.3, -0.25) is 0 Å². The van der Waals surface area contributed by atoms with Crippen molar-refractivity contribution < 1.29 is 18.5 Å². The van der Waals surface area contributed by atoms with Gasteiger partial charge in [0.1, 0.15) is 11.7 Å². The number of hydrogen-bond acceptors (Lipinski definition) is 4. The topological polar surface area (TPSA) is 95.7 Å². The third-order valence-electron chi connectivity index (χ3n) is 5.07. The zero-order valence-corrected chi connectivity index (χ0v) is 18.5. The number of quaternary nitrogens is 1. The van der Waals surface area contributed by atoms with Gasteiger partial charge in [0.2, 0.25) is 10.0 Å². The number of allylic oxidation sites excluding steroid dienone is 1. The molecule has 0 fully saturated rings. The van der Waals surface area contributed by atoms with Crippen LogP contribution < -0.4 is 5.73 Å². The molecule has 0 amide bonds. The minimum Gasteiger partial charge on any atom is -0.354 e. The Kier molecular flexibility index (Phi) is 6.35. The summed E-state index contributed by atoms with van der Waals surface area (Å²) in [5.74, 6) is 0.387. The Hall–Kier alpha value is -2.62. The van der Waals surface area contributed by atoms with E-state index in [0.29, 0.717) is 18.8 Å². The number of benzene rings is 1. The van der Waals surface area contributed by atoms with Crippen LogP contribution in [0, 0.1) is 13.8 Å². The molecule has 0 bridgehead atoms. The molecule has 2 aromatic heterocycles. The van der Waals surface area contributed by atoms with E-state index in [1.54, 1.807) is 30.5 Å². The van der Waals surface area contributed by atoms with Crippen molar-refractivity contribution in [1.82, 2.24) is 18.8 Å². The maximum absolute atomic E-state index is 14.2. The number of halogens is 1. The first-order chi connectivity index (χ1) is 14.1. The maximum atomic E-state index is 14.2. The molecule has 30 heavy (non-hydrogen) atoms. The summed E-state index contributed by atoms with van der Waals surface area (Å²) in [6.45, 7) is 4.24. The van der Waals surface area contributed by atoms with E-state index < -0.39 is 10.0 Å². The van der Waals surface area contributed by atoms with Crippen LogP contribution >= 0.6 is 0 Å². The van der Waals surface area contributed by atoms with Gasteiger partial charge in [-0.25, -0.2) is 27.1 Å². The Balaban J connectivity index is 2.03. The second-order valence-electron chi connectivity index (χ2n) is 7.35. The molecule has 3 N–H and O–H groups in total. The summed E-state index contributed by atoms with van der Waals surface area (Å²) < 4.78 is 41.9. The minimum absolute atomic E-state index is 0.101. The van der Waals surface area contributed by atoms with Crippen molar-refractivity contribution in [3.8, 4) is 0 Å². The van der Waals surface area contributed by atoms with E-state index in [1.807, 2.05) is 18.4 Å². The average molecular weight is 433 g/mol. The van der Waals surface area contributed by atoms with Gasteiger partial charge in [0.15, 0.2) is 0 Å². The Morgan fingerprint density at radius 1 is 1.23 bits per heavy atom. The molecule has 9 heteroatoms. The molecular weight excluding hydrogens is 405 g/mol. The molecule has 1 aromatic carbocycles. The van der Waals surface area contributed by atoms with Crippen LogP contribution in [0.25, 0.3) is 11.0 Å². The molecule has 0 spiro atoms. The molecular formula is C21H27FN5O2S+. The van der Waals surface area contributed by atoms with Crippen LogP contribution in [0.2, 0.25) is 0 Å². The second-order valence-corrected chi connectivity index (χ2v) is 9.50. The monoisotopic (exact) mass is 432 g/mol. The Morgan fingerprint density at radius 2 is 1.90 bits per heavy atom. The molecule has 7 nitrogen and oxygen atoms in total. The van der Waals surface area contributed by atoms with Crippen LogP contribution in [0.5, 0.6) is 0 Å². The fourth-order valence-corrected chi connectivity index (χ4v) is 4.28. The fraction of sp³-hybridized carbons (Fsp3) is 0.333. The largest absolute Gasteiger partial charge is 0.354 e. The predicted molar refractivity (Wildman–Crippen MR) is 114 cm³/mol. The lowest BCUT2D eigenvalue weighted by molar-refractivity contribution is -0.353.